The van der Waals surface area contributed by atoms with Gasteiger partial charge in [-0.1, -0.05) is 51.9 Å². The third-order valence-electron chi connectivity index (χ3n) is 4.09. The van der Waals surface area contributed by atoms with E-state index in [-0.39, 0.29) is 17.0 Å². The first-order valence-electron chi connectivity index (χ1n) is 9.28. The lowest BCUT2D eigenvalue weighted by Gasteiger charge is -2.23. The summed E-state index contributed by atoms with van der Waals surface area (Å²) in [5.74, 6) is 0.497. The lowest BCUT2D eigenvalue weighted by Crippen LogP contribution is -3.00. The molecule has 0 saturated heterocycles. The largest absolute Gasteiger partial charge is 1.00 e. The van der Waals surface area contributed by atoms with Gasteiger partial charge in [0, 0.05) is 12.8 Å². The first-order valence-corrected chi connectivity index (χ1v) is 9.28. The number of Topliss-reactive ketones (excluding diaryl/α,β-unsaturated/α-hetero) is 1. The number of quaternary nitrogens is 1. The van der Waals surface area contributed by atoms with E-state index in [0.29, 0.717) is 5.78 Å². The molecule has 0 atom stereocenters. The number of unbranched alkanes of at least 4 members (excludes halogenated alkanes) is 9. The van der Waals surface area contributed by atoms with E-state index in [1.54, 1.807) is 0 Å². The molecule has 0 aliphatic heterocycles. The number of hydrogen-bond donors (Lipinski definition) is 0. The Morgan fingerprint density at radius 1 is 0.682 bits per heavy atom. The van der Waals surface area contributed by atoms with Crippen LogP contribution >= 0.6 is 0 Å². The average molecular weight is 378 g/mol. The summed E-state index contributed by atoms with van der Waals surface area (Å²) < 4.78 is 1.07. The number of ketones is 1. The van der Waals surface area contributed by atoms with Gasteiger partial charge in [0.2, 0.25) is 0 Å². The zero-order valence-corrected chi connectivity index (χ0v) is 17.2. The molecule has 0 aromatic rings. The Kier molecular flexibility index (Phi) is 17.7. The molecule has 0 N–H and O–H groups in total. The molecule has 0 aromatic heterocycles. The van der Waals surface area contributed by atoms with E-state index in [0.717, 1.165) is 30.2 Å². The quantitative estimate of drug-likeness (QED) is 0.316. The van der Waals surface area contributed by atoms with Crippen LogP contribution in [0, 0.1) is 0 Å². The van der Waals surface area contributed by atoms with E-state index in [9.17, 15) is 4.79 Å². The normalized spacial score (nSPS) is 11.3. The zero-order chi connectivity index (χ0) is 16.0. The molecule has 0 unspecified atom stereocenters. The summed E-state index contributed by atoms with van der Waals surface area (Å²) in [6.07, 6.45) is 15.6. The fourth-order valence-electron chi connectivity index (χ4n) is 2.67. The van der Waals surface area contributed by atoms with Crippen molar-refractivity contribution in [1.29, 1.82) is 0 Å². The van der Waals surface area contributed by atoms with E-state index in [4.69, 9.17) is 0 Å². The summed E-state index contributed by atoms with van der Waals surface area (Å²) in [6.45, 7) is 3.50. The summed E-state index contributed by atoms with van der Waals surface area (Å²) in [6, 6.07) is 0. The van der Waals surface area contributed by atoms with Gasteiger partial charge < -0.3 is 21.5 Å². The molecule has 134 valence electrons. The molecule has 0 amide bonds. The molecule has 0 rings (SSSR count). The number of halogens is 1. The second kappa shape index (κ2) is 16.0. The summed E-state index contributed by atoms with van der Waals surface area (Å²) >= 11 is 0. The van der Waals surface area contributed by atoms with Crippen LogP contribution in [0.5, 0.6) is 0 Å². The van der Waals surface area contributed by atoms with Crippen LogP contribution in [0.4, 0.5) is 0 Å². The molecule has 0 radical (unpaired) electrons. The van der Waals surface area contributed by atoms with Gasteiger partial charge in [0.25, 0.3) is 0 Å². The molecule has 0 saturated carbocycles. The fraction of sp³-hybridized carbons (Fsp3) is 0.947. The molecule has 0 aliphatic rings. The van der Waals surface area contributed by atoms with Crippen LogP contribution in [-0.2, 0) is 4.79 Å². The van der Waals surface area contributed by atoms with Crippen LogP contribution < -0.4 is 17.0 Å². The fourth-order valence-corrected chi connectivity index (χ4v) is 2.67. The highest BCUT2D eigenvalue weighted by Crippen LogP contribution is 2.11. The van der Waals surface area contributed by atoms with Crippen molar-refractivity contribution in [2.75, 3.05) is 27.7 Å². The SMILES string of the molecule is CCCCCCCCC(=O)CCCCCCC[N+](C)(C)C.[Br-]. The Hall–Kier alpha value is 0.110. The zero-order valence-electron chi connectivity index (χ0n) is 15.6. The van der Waals surface area contributed by atoms with E-state index in [1.165, 1.54) is 64.3 Å². The summed E-state index contributed by atoms with van der Waals surface area (Å²) in [4.78, 5) is 11.7. The molecule has 0 heterocycles. The highest BCUT2D eigenvalue weighted by atomic mass is 79.9. The molecule has 0 spiro atoms. The summed E-state index contributed by atoms with van der Waals surface area (Å²) in [5.41, 5.74) is 0. The van der Waals surface area contributed by atoms with Crippen LogP contribution in [0.1, 0.15) is 90.4 Å². The van der Waals surface area contributed by atoms with Gasteiger partial charge in [-0.25, -0.2) is 0 Å². The van der Waals surface area contributed by atoms with Crippen molar-refractivity contribution in [3.05, 3.63) is 0 Å². The lowest BCUT2D eigenvalue weighted by molar-refractivity contribution is -0.870. The standard InChI is InChI=1S/C19H40NO.BrH/c1-5-6-7-8-10-13-16-19(21)17-14-11-9-12-15-18-20(2,3)4;/h5-18H2,1-4H3;1H/q+1;/p-1. The number of carbonyl (C=O) groups is 1. The van der Waals surface area contributed by atoms with Gasteiger partial charge in [-0.3, -0.25) is 4.79 Å². The molecule has 3 heteroatoms. The molecule has 0 bridgehead atoms. The maximum absolute atomic E-state index is 11.7. The van der Waals surface area contributed by atoms with Crippen LogP contribution in [0.3, 0.4) is 0 Å². The predicted octanol–water partition coefficient (Wildman–Crippen LogP) is 2.36. The molecular weight excluding hydrogens is 338 g/mol. The van der Waals surface area contributed by atoms with Crippen molar-refractivity contribution in [1.82, 2.24) is 0 Å². The molecule has 0 fully saturated rings. The summed E-state index contributed by atoms with van der Waals surface area (Å²) in [5, 5.41) is 0. The molecule has 2 nitrogen and oxygen atoms in total. The van der Waals surface area contributed by atoms with Crippen molar-refractivity contribution >= 4 is 5.78 Å². The number of hydrogen-bond acceptors (Lipinski definition) is 1. The predicted molar refractivity (Wildman–Crippen MR) is 93.6 cm³/mol. The second-order valence-electron chi connectivity index (χ2n) is 7.59. The maximum atomic E-state index is 11.7. The van der Waals surface area contributed by atoms with Crippen molar-refractivity contribution in [2.24, 2.45) is 0 Å². The van der Waals surface area contributed by atoms with Gasteiger partial charge >= 0.3 is 0 Å². The molecule has 0 aliphatic carbocycles. The Morgan fingerprint density at radius 2 is 1.09 bits per heavy atom. The molecule has 22 heavy (non-hydrogen) atoms. The smallest absolute Gasteiger partial charge is 0.132 e. The van der Waals surface area contributed by atoms with E-state index >= 15 is 0 Å². The minimum Gasteiger partial charge on any atom is -1.00 e. The monoisotopic (exact) mass is 377 g/mol. The third kappa shape index (κ3) is 20.1. The minimum atomic E-state index is 0. The van der Waals surface area contributed by atoms with Gasteiger partial charge in [-0.2, -0.15) is 0 Å². The highest BCUT2D eigenvalue weighted by Gasteiger charge is 2.05. The van der Waals surface area contributed by atoms with Crippen molar-refractivity contribution < 1.29 is 26.3 Å². The number of carbonyl (C=O) groups excluding carboxylic acids is 1. The number of nitrogens with zero attached hydrogens (tertiary/aromatic N) is 1. The number of rotatable bonds is 15. The van der Waals surface area contributed by atoms with Crippen molar-refractivity contribution in [2.45, 2.75) is 90.4 Å². The average Bonchev–Trinajstić information content (AvgIpc) is 2.40. The lowest BCUT2D eigenvalue weighted by atomic mass is 10.0. The highest BCUT2D eigenvalue weighted by molar-refractivity contribution is 5.78. The Bertz CT molecular complexity index is 248. The van der Waals surface area contributed by atoms with E-state index in [1.807, 2.05) is 0 Å². The minimum absolute atomic E-state index is 0. The third-order valence-corrected chi connectivity index (χ3v) is 4.09. The van der Waals surface area contributed by atoms with Gasteiger partial charge in [-0.05, 0) is 25.7 Å². The van der Waals surface area contributed by atoms with E-state index < -0.39 is 0 Å². The van der Waals surface area contributed by atoms with Crippen molar-refractivity contribution in [3.63, 3.8) is 0 Å². The van der Waals surface area contributed by atoms with Gasteiger partial charge in [0.05, 0.1) is 27.7 Å². The van der Waals surface area contributed by atoms with Crippen LogP contribution in [0.2, 0.25) is 0 Å². The first kappa shape index (κ1) is 24.4. The summed E-state index contributed by atoms with van der Waals surface area (Å²) in [7, 11) is 6.75. The van der Waals surface area contributed by atoms with Crippen LogP contribution in [0.15, 0.2) is 0 Å². The van der Waals surface area contributed by atoms with Gasteiger partial charge in [0.1, 0.15) is 5.78 Å². The first-order chi connectivity index (χ1) is 9.95. The Labute approximate surface area is 150 Å². The van der Waals surface area contributed by atoms with Gasteiger partial charge in [0.15, 0.2) is 0 Å². The van der Waals surface area contributed by atoms with Crippen LogP contribution in [0.25, 0.3) is 0 Å². The van der Waals surface area contributed by atoms with Crippen LogP contribution in [-0.4, -0.2) is 38.0 Å². The molecule has 0 aromatic carbocycles. The molecular formula is C19H40BrNO. The Morgan fingerprint density at radius 3 is 1.55 bits per heavy atom. The van der Waals surface area contributed by atoms with Crippen molar-refractivity contribution in [3.8, 4) is 0 Å². The second-order valence-corrected chi connectivity index (χ2v) is 7.59. The Balaban J connectivity index is 0. The van der Waals surface area contributed by atoms with Gasteiger partial charge in [-0.15, -0.1) is 0 Å². The topological polar surface area (TPSA) is 17.1 Å². The van der Waals surface area contributed by atoms with E-state index in [2.05, 4.69) is 28.1 Å². The maximum Gasteiger partial charge on any atom is 0.132 e.